The van der Waals surface area contributed by atoms with Crippen molar-refractivity contribution in [3.05, 3.63) is 53.6 Å². The first kappa shape index (κ1) is 21.2. The lowest BCUT2D eigenvalue weighted by Gasteiger charge is -2.35. The third kappa shape index (κ3) is 5.73. The van der Waals surface area contributed by atoms with E-state index in [1.165, 1.54) is 5.69 Å². The Bertz CT molecular complexity index is 809. The molecular formula is C24H33N3O2. The van der Waals surface area contributed by atoms with E-state index in [1.807, 2.05) is 25.1 Å². The SMILES string of the molecule is CCN1CCN(c2ccc(NC(=O)COc3cc(C)ccc3C(C)C)cc2)CC1. The van der Waals surface area contributed by atoms with Gasteiger partial charge in [0.05, 0.1) is 0 Å². The van der Waals surface area contributed by atoms with Crippen LogP contribution in [-0.2, 0) is 4.79 Å². The molecule has 0 aliphatic carbocycles. The lowest BCUT2D eigenvalue weighted by atomic mass is 10.0. The van der Waals surface area contributed by atoms with Gasteiger partial charge in [0.15, 0.2) is 6.61 Å². The summed E-state index contributed by atoms with van der Waals surface area (Å²) in [6.45, 7) is 13.9. The van der Waals surface area contributed by atoms with Crippen LogP contribution in [0, 0.1) is 6.92 Å². The molecule has 0 atom stereocenters. The molecule has 29 heavy (non-hydrogen) atoms. The Kier molecular flexibility index (Phi) is 7.15. The zero-order valence-electron chi connectivity index (χ0n) is 18.1. The molecule has 0 spiro atoms. The summed E-state index contributed by atoms with van der Waals surface area (Å²) < 4.78 is 5.83. The molecule has 1 fully saturated rings. The van der Waals surface area contributed by atoms with Crippen LogP contribution in [-0.4, -0.2) is 50.1 Å². The molecule has 1 saturated heterocycles. The van der Waals surface area contributed by atoms with Gasteiger partial charge in [-0.25, -0.2) is 0 Å². The molecule has 2 aromatic carbocycles. The van der Waals surface area contributed by atoms with Crippen molar-refractivity contribution < 1.29 is 9.53 Å². The molecule has 1 aliphatic rings. The van der Waals surface area contributed by atoms with Gasteiger partial charge in [-0.2, -0.15) is 0 Å². The normalized spacial score (nSPS) is 14.9. The fourth-order valence-electron chi connectivity index (χ4n) is 3.66. The van der Waals surface area contributed by atoms with Crippen molar-refractivity contribution in [2.75, 3.05) is 49.5 Å². The number of hydrogen-bond acceptors (Lipinski definition) is 4. The van der Waals surface area contributed by atoms with E-state index < -0.39 is 0 Å². The summed E-state index contributed by atoms with van der Waals surface area (Å²) in [6, 6.07) is 14.2. The number of benzene rings is 2. The van der Waals surface area contributed by atoms with Crippen LogP contribution in [0.1, 0.15) is 37.8 Å². The third-order valence-corrected chi connectivity index (χ3v) is 5.49. The molecule has 0 radical (unpaired) electrons. The Morgan fingerprint density at radius 3 is 2.38 bits per heavy atom. The zero-order chi connectivity index (χ0) is 20.8. The van der Waals surface area contributed by atoms with Crippen LogP contribution in [0.25, 0.3) is 0 Å². The van der Waals surface area contributed by atoms with Crippen molar-refractivity contribution in [1.82, 2.24) is 4.90 Å². The van der Waals surface area contributed by atoms with Crippen molar-refractivity contribution in [1.29, 1.82) is 0 Å². The van der Waals surface area contributed by atoms with E-state index >= 15 is 0 Å². The molecule has 0 bridgehead atoms. The quantitative estimate of drug-likeness (QED) is 0.760. The molecular weight excluding hydrogens is 362 g/mol. The monoisotopic (exact) mass is 395 g/mol. The van der Waals surface area contributed by atoms with Gasteiger partial charge >= 0.3 is 0 Å². The van der Waals surface area contributed by atoms with Crippen molar-refractivity contribution in [2.24, 2.45) is 0 Å². The number of piperazine rings is 1. The van der Waals surface area contributed by atoms with Gasteiger partial charge in [-0.05, 0) is 60.8 Å². The first-order valence-corrected chi connectivity index (χ1v) is 10.6. The topological polar surface area (TPSA) is 44.8 Å². The first-order valence-electron chi connectivity index (χ1n) is 10.6. The lowest BCUT2D eigenvalue weighted by molar-refractivity contribution is -0.118. The van der Waals surface area contributed by atoms with Crippen molar-refractivity contribution in [3.63, 3.8) is 0 Å². The molecule has 2 aromatic rings. The van der Waals surface area contributed by atoms with Crippen molar-refractivity contribution >= 4 is 17.3 Å². The Morgan fingerprint density at radius 2 is 1.76 bits per heavy atom. The van der Waals surface area contributed by atoms with Crippen LogP contribution in [0.2, 0.25) is 0 Å². The second-order valence-corrected chi connectivity index (χ2v) is 8.00. The van der Waals surface area contributed by atoms with Gasteiger partial charge in [0, 0.05) is 37.6 Å². The zero-order valence-corrected chi connectivity index (χ0v) is 18.1. The standard InChI is InChI=1S/C24H33N3O2/c1-5-26-12-14-27(15-13-26)21-9-7-20(8-10-21)25-24(28)17-29-23-16-19(4)6-11-22(23)18(2)3/h6-11,16,18H,5,12-15,17H2,1-4H3,(H,25,28). The Hall–Kier alpha value is -2.53. The molecule has 156 valence electrons. The van der Waals surface area contributed by atoms with Crippen molar-refractivity contribution in [3.8, 4) is 5.75 Å². The highest BCUT2D eigenvalue weighted by Gasteiger charge is 2.16. The van der Waals surface area contributed by atoms with E-state index in [9.17, 15) is 4.79 Å². The maximum atomic E-state index is 12.4. The molecule has 1 N–H and O–H groups in total. The number of amides is 1. The predicted octanol–water partition coefficient (Wildman–Crippen LogP) is 4.28. The van der Waals surface area contributed by atoms with Gasteiger partial charge in [-0.1, -0.05) is 32.9 Å². The number of ether oxygens (including phenoxy) is 1. The Labute approximate surface area is 174 Å². The summed E-state index contributed by atoms with van der Waals surface area (Å²) in [5.41, 5.74) is 4.25. The van der Waals surface area contributed by atoms with E-state index in [0.717, 1.165) is 55.3 Å². The molecule has 5 heteroatoms. The highest BCUT2D eigenvalue weighted by molar-refractivity contribution is 5.92. The average Bonchev–Trinajstić information content (AvgIpc) is 2.73. The Morgan fingerprint density at radius 1 is 1.07 bits per heavy atom. The van der Waals surface area contributed by atoms with Crippen LogP contribution >= 0.6 is 0 Å². The maximum absolute atomic E-state index is 12.4. The number of likely N-dealkylation sites (N-methyl/N-ethyl adjacent to an activating group) is 1. The molecule has 1 amide bonds. The summed E-state index contributed by atoms with van der Waals surface area (Å²) in [6.07, 6.45) is 0. The highest BCUT2D eigenvalue weighted by atomic mass is 16.5. The van der Waals surface area contributed by atoms with E-state index in [0.29, 0.717) is 5.92 Å². The first-order chi connectivity index (χ1) is 14.0. The average molecular weight is 396 g/mol. The maximum Gasteiger partial charge on any atom is 0.262 e. The van der Waals surface area contributed by atoms with Crippen molar-refractivity contribution in [2.45, 2.75) is 33.6 Å². The van der Waals surface area contributed by atoms with Gasteiger partial charge in [-0.15, -0.1) is 0 Å². The number of nitrogens with one attached hydrogen (secondary N) is 1. The van der Waals surface area contributed by atoms with Gasteiger partial charge < -0.3 is 19.9 Å². The number of aryl methyl sites for hydroxylation is 1. The van der Waals surface area contributed by atoms with E-state index in [1.54, 1.807) is 0 Å². The van der Waals surface area contributed by atoms with Crippen LogP contribution in [0.3, 0.4) is 0 Å². The second kappa shape index (κ2) is 9.79. The molecule has 0 aromatic heterocycles. The number of carbonyl (C=O) groups excluding carboxylic acids is 1. The number of carbonyl (C=O) groups is 1. The second-order valence-electron chi connectivity index (χ2n) is 8.00. The molecule has 3 rings (SSSR count). The van der Waals surface area contributed by atoms with Gasteiger partial charge in [0.2, 0.25) is 0 Å². The Balaban J connectivity index is 1.53. The number of nitrogens with zero attached hydrogens (tertiary/aromatic N) is 2. The summed E-state index contributed by atoms with van der Waals surface area (Å²) in [5.74, 6) is 0.989. The molecule has 1 aliphatic heterocycles. The van der Waals surface area contributed by atoms with Crippen LogP contribution in [0.5, 0.6) is 5.75 Å². The van der Waals surface area contributed by atoms with Gasteiger partial charge in [0.1, 0.15) is 5.75 Å². The highest BCUT2D eigenvalue weighted by Crippen LogP contribution is 2.27. The van der Waals surface area contributed by atoms with Crippen LogP contribution in [0.4, 0.5) is 11.4 Å². The number of hydrogen-bond donors (Lipinski definition) is 1. The largest absolute Gasteiger partial charge is 0.483 e. The molecule has 5 nitrogen and oxygen atoms in total. The van der Waals surface area contributed by atoms with Gasteiger partial charge in [-0.3, -0.25) is 4.79 Å². The van der Waals surface area contributed by atoms with Crippen LogP contribution in [0.15, 0.2) is 42.5 Å². The fourth-order valence-corrected chi connectivity index (χ4v) is 3.66. The summed E-state index contributed by atoms with van der Waals surface area (Å²) >= 11 is 0. The molecule has 0 saturated carbocycles. The minimum Gasteiger partial charge on any atom is -0.483 e. The summed E-state index contributed by atoms with van der Waals surface area (Å²) in [5, 5.41) is 2.93. The smallest absolute Gasteiger partial charge is 0.262 e. The third-order valence-electron chi connectivity index (χ3n) is 5.49. The minimum absolute atomic E-state index is 0.00387. The molecule has 1 heterocycles. The van der Waals surface area contributed by atoms with E-state index in [4.69, 9.17) is 4.74 Å². The lowest BCUT2D eigenvalue weighted by Crippen LogP contribution is -2.46. The summed E-state index contributed by atoms with van der Waals surface area (Å²) in [4.78, 5) is 17.2. The fraction of sp³-hybridized carbons (Fsp3) is 0.458. The minimum atomic E-state index is -0.148. The molecule has 0 unspecified atom stereocenters. The van der Waals surface area contributed by atoms with Gasteiger partial charge in [0.25, 0.3) is 5.91 Å². The number of anilines is 2. The summed E-state index contributed by atoms with van der Waals surface area (Å²) in [7, 11) is 0. The van der Waals surface area contributed by atoms with Crippen LogP contribution < -0.4 is 15.0 Å². The predicted molar refractivity (Wildman–Crippen MR) is 120 cm³/mol. The number of rotatable bonds is 7. The van der Waals surface area contributed by atoms with E-state index in [2.05, 4.69) is 60.2 Å². The van der Waals surface area contributed by atoms with E-state index in [-0.39, 0.29) is 12.5 Å².